The van der Waals surface area contributed by atoms with E-state index in [1.54, 1.807) is 29.7 Å². The third-order valence-electron chi connectivity index (χ3n) is 3.10. The smallest absolute Gasteiger partial charge is 0.352 e. The lowest BCUT2D eigenvalue weighted by Crippen LogP contribution is -2.17. The van der Waals surface area contributed by atoms with Gasteiger partial charge in [0.25, 0.3) is 0 Å². The van der Waals surface area contributed by atoms with Gasteiger partial charge in [-0.2, -0.15) is 0 Å². The molecule has 102 valence electrons. The lowest BCUT2D eigenvalue weighted by Gasteiger charge is -2.08. The van der Waals surface area contributed by atoms with E-state index in [1.807, 2.05) is 12.1 Å². The molecule has 2 aromatic rings. The van der Waals surface area contributed by atoms with Gasteiger partial charge in [0.15, 0.2) is 9.84 Å². The van der Waals surface area contributed by atoms with Crippen LogP contribution >= 0.6 is 0 Å². The van der Waals surface area contributed by atoms with Gasteiger partial charge >= 0.3 is 5.97 Å². The summed E-state index contributed by atoms with van der Waals surface area (Å²) in [6.07, 6.45) is 0. The molecule has 0 saturated heterocycles. The first-order valence-electron chi connectivity index (χ1n) is 5.96. The van der Waals surface area contributed by atoms with E-state index >= 15 is 0 Å². The Kier molecular flexibility index (Phi) is 3.61. The van der Waals surface area contributed by atoms with E-state index < -0.39 is 15.8 Å². The monoisotopic (exact) mass is 281 g/mol. The van der Waals surface area contributed by atoms with Gasteiger partial charge in [0.1, 0.15) is 5.69 Å². The van der Waals surface area contributed by atoms with Crippen LogP contribution in [0.2, 0.25) is 0 Å². The number of carbonyl (C=O) groups is 1. The van der Waals surface area contributed by atoms with Gasteiger partial charge in [-0.15, -0.1) is 0 Å². The van der Waals surface area contributed by atoms with Crippen molar-refractivity contribution in [3.05, 3.63) is 36.0 Å². The summed E-state index contributed by atoms with van der Waals surface area (Å²) in [4.78, 5) is 11.2. The average Bonchev–Trinajstić information content (AvgIpc) is 2.75. The van der Waals surface area contributed by atoms with E-state index in [1.165, 1.54) is 0 Å². The topological polar surface area (TPSA) is 76.4 Å². The maximum atomic E-state index is 11.6. The number of sulfone groups is 1. The standard InChI is InChI=1S/C13H15NO4S/c1-2-19(17,18)8-7-14-11-6-4-3-5-10(11)9-12(14)13(15)16/h3-6,9H,2,7-8H2,1H3,(H,15,16). The lowest BCUT2D eigenvalue weighted by molar-refractivity contribution is 0.0686. The number of aryl methyl sites for hydroxylation is 1. The van der Waals surface area contributed by atoms with Gasteiger partial charge in [-0.25, -0.2) is 13.2 Å². The van der Waals surface area contributed by atoms with Crippen LogP contribution in [0.3, 0.4) is 0 Å². The van der Waals surface area contributed by atoms with E-state index in [0.717, 1.165) is 10.9 Å². The summed E-state index contributed by atoms with van der Waals surface area (Å²) in [7, 11) is -3.12. The minimum Gasteiger partial charge on any atom is -0.477 e. The van der Waals surface area contributed by atoms with E-state index in [2.05, 4.69) is 0 Å². The number of rotatable bonds is 5. The number of fused-ring (bicyclic) bond motifs is 1. The van der Waals surface area contributed by atoms with Crippen LogP contribution < -0.4 is 0 Å². The highest BCUT2D eigenvalue weighted by atomic mass is 32.2. The van der Waals surface area contributed by atoms with E-state index in [-0.39, 0.29) is 23.7 Å². The summed E-state index contributed by atoms with van der Waals surface area (Å²) in [5.74, 6) is -1.04. The number of carboxylic acid groups (broad SMARTS) is 1. The third kappa shape index (κ3) is 2.78. The fourth-order valence-corrected chi connectivity index (χ4v) is 2.75. The number of aromatic nitrogens is 1. The summed E-state index contributed by atoms with van der Waals surface area (Å²) < 4.78 is 24.6. The predicted molar refractivity (Wildman–Crippen MR) is 73.2 cm³/mol. The lowest BCUT2D eigenvalue weighted by atomic mass is 10.2. The first kappa shape index (κ1) is 13.6. The van der Waals surface area contributed by atoms with Crippen molar-refractivity contribution in [2.45, 2.75) is 13.5 Å². The molecule has 0 aliphatic heterocycles. The van der Waals surface area contributed by atoms with Gasteiger partial charge in [0.05, 0.1) is 5.75 Å². The number of hydrogen-bond donors (Lipinski definition) is 1. The highest BCUT2D eigenvalue weighted by molar-refractivity contribution is 7.91. The second kappa shape index (κ2) is 5.05. The van der Waals surface area contributed by atoms with Crippen molar-refractivity contribution in [1.29, 1.82) is 0 Å². The number of carboxylic acids is 1. The Bertz CT molecular complexity index is 715. The molecule has 6 heteroatoms. The number of hydrogen-bond acceptors (Lipinski definition) is 3. The Labute approximate surface area is 111 Å². The van der Waals surface area contributed by atoms with Gasteiger partial charge in [0, 0.05) is 23.2 Å². The maximum Gasteiger partial charge on any atom is 0.352 e. The van der Waals surface area contributed by atoms with Crippen molar-refractivity contribution in [1.82, 2.24) is 4.57 Å². The first-order valence-corrected chi connectivity index (χ1v) is 7.79. The Morgan fingerprint density at radius 2 is 2.00 bits per heavy atom. The Morgan fingerprint density at radius 3 is 2.63 bits per heavy atom. The van der Waals surface area contributed by atoms with Gasteiger partial charge in [-0.05, 0) is 12.1 Å². The number of para-hydroxylation sites is 1. The molecule has 0 aliphatic rings. The van der Waals surface area contributed by atoms with Gasteiger partial charge in [-0.1, -0.05) is 25.1 Å². The molecule has 1 aromatic heterocycles. The molecule has 5 nitrogen and oxygen atoms in total. The predicted octanol–water partition coefficient (Wildman–Crippen LogP) is 1.77. The maximum absolute atomic E-state index is 11.6. The zero-order valence-corrected chi connectivity index (χ0v) is 11.4. The van der Waals surface area contributed by atoms with Gasteiger partial charge in [0.2, 0.25) is 0 Å². The minimum absolute atomic E-state index is 0.0531. The average molecular weight is 281 g/mol. The first-order chi connectivity index (χ1) is 8.94. The Hall–Kier alpha value is -1.82. The molecule has 0 bridgehead atoms. The van der Waals surface area contributed by atoms with Crippen molar-refractivity contribution in [2.75, 3.05) is 11.5 Å². The molecular weight excluding hydrogens is 266 g/mol. The molecule has 0 atom stereocenters. The third-order valence-corrected chi connectivity index (χ3v) is 4.78. The normalized spacial score (nSPS) is 11.8. The summed E-state index contributed by atoms with van der Waals surface area (Å²) >= 11 is 0. The van der Waals surface area contributed by atoms with Crippen LogP contribution in [0.25, 0.3) is 10.9 Å². The highest BCUT2D eigenvalue weighted by Gasteiger charge is 2.16. The summed E-state index contributed by atoms with van der Waals surface area (Å²) in [6.45, 7) is 1.74. The summed E-state index contributed by atoms with van der Waals surface area (Å²) in [5.41, 5.74) is 0.860. The molecule has 0 aliphatic carbocycles. The number of aromatic carboxylic acids is 1. The number of nitrogens with zero attached hydrogens (tertiary/aromatic N) is 1. The van der Waals surface area contributed by atoms with Gasteiger partial charge in [-0.3, -0.25) is 0 Å². The second-order valence-corrected chi connectivity index (χ2v) is 6.75. The van der Waals surface area contributed by atoms with E-state index in [4.69, 9.17) is 0 Å². The van der Waals surface area contributed by atoms with Crippen LogP contribution in [0, 0.1) is 0 Å². The molecule has 1 N–H and O–H groups in total. The SMILES string of the molecule is CCS(=O)(=O)CCn1c(C(=O)O)cc2ccccc21. The largest absolute Gasteiger partial charge is 0.477 e. The van der Waals surface area contributed by atoms with E-state index in [9.17, 15) is 18.3 Å². The highest BCUT2D eigenvalue weighted by Crippen LogP contribution is 2.20. The van der Waals surface area contributed by atoms with Crippen LogP contribution in [-0.4, -0.2) is 35.6 Å². The molecule has 0 fully saturated rings. The van der Waals surface area contributed by atoms with Crippen molar-refractivity contribution < 1.29 is 18.3 Å². The quantitative estimate of drug-likeness (QED) is 0.906. The van der Waals surface area contributed by atoms with Crippen LogP contribution in [0.1, 0.15) is 17.4 Å². The van der Waals surface area contributed by atoms with E-state index in [0.29, 0.717) is 0 Å². The van der Waals surface area contributed by atoms with Crippen LogP contribution in [0.5, 0.6) is 0 Å². The molecule has 0 radical (unpaired) electrons. The molecular formula is C13H15NO4S. The van der Waals surface area contributed by atoms with Crippen LogP contribution in [0.4, 0.5) is 0 Å². The van der Waals surface area contributed by atoms with Crippen molar-refractivity contribution >= 4 is 26.7 Å². The fraction of sp³-hybridized carbons (Fsp3) is 0.308. The molecule has 0 amide bonds. The molecule has 1 heterocycles. The summed E-state index contributed by atoms with van der Waals surface area (Å²) in [5, 5.41) is 9.98. The molecule has 0 saturated carbocycles. The zero-order chi connectivity index (χ0) is 14.0. The Morgan fingerprint density at radius 1 is 1.32 bits per heavy atom. The fourth-order valence-electron chi connectivity index (χ4n) is 2.00. The molecule has 2 rings (SSSR count). The zero-order valence-electron chi connectivity index (χ0n) is 10.5. The van der Waals surface area contributed by atoms with Crippen molar-refractivity contribution in [3.8, 4) is 0 Å². The minimum atomic E-state index is -3.12. The number of benzene rings is 1. The van der Waals surface area contributed by atoms with Gasteiger partial charge < -0.3 is 9.67 Å². The molecule has 19 heavy (non-hydrogen) atoms. The van der Waals surface area contributed by atoms with Crippen LogP contribution in [0.15, 0.2) is 30.3 Å². The van der Waals surface area contributed by atoms with Crippen molar-refractivity contribution in [2.24, 2.45) is 0 Å². The molecule has 0 spiro atoms. The molecule has 0 unspecified atom stereocenters. The summed E-state index contributed by atoms with van der Waals surface area (Å²) in [6, 6.07) is 8.79. The Balaban J connectivity index is 2.45. The van der Waals surface area contributed by atoms with Crippen LogP contribution in [-0.2, 0) is 16.4 Å². The molecule has 1 aromatic carbocycles. The second-order valence-electron chi connectivity index (χ2n) is 4.28. The van der Waals surface area contributed by atoms with Crippen molar-refractivity contribution in [3.63, 3.8) is 0 Å².